The number of aromatic nitrogens is 3. The van der Waals surface area contributed by atoms with Gasteiger partial charge in [0.2, 0.25) is 35.4 Å². The lowest BCUT2D eigenvalue weighted by molar-refractivity contribution is -0.138. The fourth-order valence-electron chi connectivity index (χ4n) is 13.5. The first-order valence-corrected chi connectivity index (χ1v) is 29.9. The van der Waals surface area contributed by atoms with E-state index in [1.165, 1.54) is 13.0 Å². The Morgan fingerprint density at radius 3 is 2.18 bits per heavy atom. The van der Waals surface area contributed by atoms with Crippen LogP contribution in [0.4, 0.5) is 19.0 Å². The molecule has 0 spiro atoms. The maximum Gasteiger partial charge on any atom is 0.416 e. The predicted molar refractivity (Wildman–Crippen MR) is 301 cm³/mol. The Labute approximate surface area is 479 Å². The number of piperidine rings is 1. The molecule has 6 amide bonds. The molecule has 22 heteroatoms. The largest absolute Gasteiger partial charge is 0.416 e. The minimum atomic E-state index is -4.61. The van der Waals surface area contributed by atoms with Gasteiger partial charge in [-0.25, -0.2) is 9.97 Å². The highest BCUT2D eigenvalue weighted by atomic mass is 19.4. The number of pyridine rings is 1. The molecule has 5 N–H and O–H groups in total. The Morgan fingerprint density at radius 2 is 1.51 bits per heavy atom. The SMILES string of the molecule is CC(=O)N[C@@H]1C[C@H](NC(C)(C)C)CC[C@@H]1N1CC[C@H](Nc2nc(C3CCN(C(=O)C4CCC(NC(=O)CCCOC5CCC(OCCNC(=O)[C@H]6CC(=O)N(C)[C@@H]6c6cccnc6)CC5)CC4)CC3)nc3ccc(C(F)(F)F)cc23)C1=O. The van der Waals surface area contributed by atoms with Crippen LogP contribution in [0.1, 0.15) is 166 Å². The monoisotopic (exact) mass is 1140 g/mol. The van der Waals surface area contributed by atoms with Gasteiger partial charge in [0.15, 0.2) is 0 Å². The average Bonchev–Trinajstić information content (AvgIpc) is 4.09. The summed E-state index contributed by atoms with van der Waals surface area (Å²) in [5.74, 6) is -0.689. The lowest BCUT2D eigenvalue weighted by Crippen LogP contribution is -2.59. The summed E-state index contributed by atoms with van der Waals surface area (Å²) < 4.78 is 54.5. The van der Waals surface area contributed by atoms with E-state index in [0.717, 1.165) is 49.8 Å². The number of halogens is 3. The summed E-state index contributed by atoms with van der Waals surface area (Å²) in [6.07, 6.45) is 9.95. The van der Waals surface area contributed by atoms with Gasteiger partial charge in [-0.05, 0) is 147 Å². The third-order valence-electron chi connectivity index (χ3n) is 17.7. The number of fused-ring (bicyclic) bond motifs is 1. The van der Waals surface area contributed by atoms with Crippen molar-refractivity contribution in [3.63, 3.8) is 0 Å². The summed E-state index contributed by atoms with van der Waals surface area (Å²) in [4.78, 5) is 98.1. The number of anilines is 1. The van der Waals surface area contributed by atoms with E-state index in [-0.39, 0.29) is 113 Å². The molecule has 2 aromatic heterocycles. The van der Waals surface area contributed by atoms with Gasteiger partial charge >= 0.3 is 6.18 Å². The molecule has 19 nitrogen and oxygen atoms in total. The molecular weight excluding hydrogens is 1060 g/mol. The van der Waals surface area contributed by atoms with Crippen LogP contribution in [0, 0.1) is 11.8 Å². The number of nitrogens with zero attached hydrogens (tertiary/aromatic N) is 6. The summed E-state index contributed by atoms with van der Waals surface area (Å²) in [7, 11) is 1.72. The molecule has 6 atom stereocenters. The Kier molecular flexibility index (Phi) is 19.7. The van der Waals surface area contributed by atoms with Gasteiger partial charge in [0, 0.05) is 107 Å². The molecule has 5 heterocycles. The Hall–Kier alpha value is -6.00. The number of carbonyl (C=O) groups is 6. The quantitative estimate of drug-likeness (QED) is 0.0788. The summed E-state index contributed by atoms with van der Waals surface area (Å²) in [6.45, 7) is 10.4. The molecule has 3 aliphatic carbocycles. The Morgan fingerprint density at radius 1 is 0.805 bits per heavy atom. The first kappa shape index (κ1) is 60.6. The molecule has 0 radical (unpaired) electrons. The van der Waals surface area contributed by atoms with Crippen LogP contribution in [0.25, 0.3) is 10.9 Å². The molecule has 0 unspecified atom stereocenters. The molecule has 3 saturated heterocycles. The van der Waals surface area contributed by atoms with Crippen molar-refractivity contribution in [2.45, 2.75) is 203 Å². The maximum absolute atomic E-state index is 14.2. The highest BCUT2D eigenvalue weighted by Gasteiger charge is 2.45. The van der Waals surface area contributed by atoms with Crippen molar-refractivity contribution in [3.8, 4) is 0 Å². The number of alkyl halides is 3. The molecular formula is C60H84F3N11O8. The van der Waals surface area contributed by atoms with E-state index in [1.807, 2.05) is 15.9 Å². The predicted octanol–water partition coefficient (Wildman–Crippen LogP) is 6.71. The summed E-state index contributed by atoms with van der Waals surface area (Å²) >= 11 is 0. The fraction of sp³-hybridized carbons (Fsp3) is 0.683. The number of nitrogens with one attached hydrogen (secondary N) is 5. The van der Waals surface area contributed by atoms with Crippen LogP contribution in [-0.4, -0.2) is 159 Å². The van der Waals surface area contributed by atoms with E-state index < -0.39 is 23.7 Å². The maximum atomic E-state index is 14.2. The number of amides is 6. The standard InChI is InChI=1S/C60H84F3N11O8/c1-36(75)66-49-33-42(71-59(2,3)4)15-21-50(49)74-29-24-48(58(74)80)69-55-45-32-40(60(61,62)63)12-20-47(45)68-54(70-55)37-22-27-73(28-23-37)57(79)38-10-13-41(14-11-38)67-51(76)9-7-30-81-43-16-18-44(19-17-43)82-31-26-65-56(78)46-34-52(77)72(5)53(46)39-8-6-25-64-35-39/h6,8,12,20,25,32,35,37-38,41-44,46,48-50,53,71H,7,9-11,13-19,21-24,26-31,33-34H2,1-5H3,(H,65,78)(H,66,75)(H,67,76)(H,68,69,70)/t38?,41?,42-,43?,44?,46+,48+,49-,50+,53-/m1/s1. The molecule has 6 fully saturated rings. The lowest BCUT2D eigenvalue weighted by Gasteiger charge is -2.43. The molecule has 1 aromatic carbocycles. The third-order valence-corrected chi connectivity index (χ3v) is 17.7. The summed E-state index contributed by atoms with van der Waals surface area (Å²) in [6, 6.07) is 5.68. The van der Waals surface area contributed by atoms with Crippen LogP contribution in [-0.2, 0) is 44.4 Å². The van der Waals surface area contributed by atoms with E-state index in [1.54, 1.807) is 30.4 Å². The number of benzene rings is 1. The normalized spacial score (nSPS) is 27.6. The molecule has 9 rings (SSSR count). The van der Waals surface area contributed by atoms with Crippen molar-refractivity contribution in [1.82, 2.24) is 50.9 Å². The van der Waals surface area contributed by atoms with Gasteiger partial charge in [-0.1, -0.05) is 6.07 Å². The Bertz CT molecular complexity index is 2730. The second kappa shape index (κ2) is 26.7. The van der Waals surface area contributed by atoms with E-state index >= 15 is 0 Å². The van der Waals surface area contributed by atoms with Crippen molar-refractivity contribution in [2.75, 3.05) is 51.8 Å². The molecule has 82 heavy (non-hydrogen) atoms. The van der Waals surface area contributed by atoms with Gasteiger partial charge in [-0.15, -0.1) is 0 Å². The topological polar surface area (TPSA) is 229 Å². The molecule has 3 saturated carbocycles. The smallest absolute Gasteiger partial charge is 0.378 e. The van der Waals surface area contributed by atoms with E-state index in [0.29, 0.717) is 121 Å². The van der Waals surface area contributed by atoms with Crippen molar-refractivity contribution in [3.05, 3.63) is 59.7 Å². The number of hydrogen-bond donors (Lipinski definition) is 5. The lowest BCUT2D eigenvalue weighted by atomic mass is 9.84. The first-order chi connectivity index (χ1) is 39.2. The van der Waals surface area contributed by atoms with E-state index in [9.17, 15) is 41.9 Å². The number of ether oxygens (including phenoxy) is 2. The molecule has 3 aromatic rings. The highest BCUT2D eigenvalue weighted by Crippen LogP contribution is 2.39. The third kappa shape index (κ3) is 15.4. The van der Waals surface area contributed by atoms with Gasteiger partial charge in [0.1, 0.15) is 17.7 Å². The zero-order valence-electron chi connectivity index (χ0n) is 48.2. The van der Waals surface area contributed by atoms with Gasteiger partial charge in [0.05, 0.1) is 53.9 Å². The van der Waals surface area contributed by atoms with Crippen LogP contribution in [0.15, 0.2) is 42.7 Å². The highest BCUT2D eigenvalue weighted by molar-refractivity contribution is 5.94. The van der Waals surface area contributed by atoms with Crippen molar-refractivity contribution in [1.29, 1.82) is 0 Å². The van der Waals surface area contributed by atoms with Crippen LogP contribution < -0.4 is 26.6 Å². The molecule has 0 bridgehead atoms. The molecule has 3 aliphatic heterocycles. The number of hydrogen-bond acceptors (Lipinski definition) is 13. The van der Waals surface area contributed by atoms with Crippen LogP contribution >= 0.6 is 0 Å². The van der Waals surface area contributed by atoms with Crippen LogP contribution in [0.2, 0.25) is 0 Å². The van der Waals surface area contributed by atoms with Gasteiger partial charge in [0.25, 0.3) is 0 Å². The summed E-state index contributed by atoms with van der Waals surface area (Å²) in [5.41, 5.74) is 0.202. The van der Waals surface area contributed by atoms with Crippen molar-refractivity contribution in [2.24, 2.45) is 11.8 Å². The van der Waals surface area contributed by atoms with Gasteiger partial charge < -0.3 is 50.8 Å². The summed E-state index contributed by atoms with van der Waals surface area (Å²) in [5, 5.41) is 16.3. The van der Waals surface area contributed by atoms with Crippen molar-refractivity contribution < 1.29 is 51.4 Å². The second-order valence-electron chi connectivity index (χ2n) is 24.8. The zero-order valence-corrected chi connectivity index (χ0v) is 48.2. The molecule has 6 aliphatic rings. The Balaban J connectivity index is 0.677. The van der Waals surface area contributed by atoms with Crippen LogP contribution in [0.3, 0.4) is 0 Å². The number of likely N-dealkylation sites (tertiary alicyclic amines) is 3. The van der Waals surface area contributed by atoms with Crippen LogP contribution in [0.5, 0.6) is 0 Å². The second-order valence-corrected chi connectivity index (χ2v) is 24.8. The van der Waals surface area contributed by atoms with Gasteiger partial charge in [-0.2, -0.15) is 13.2 Å². The zero-order chi connectivity index (χ0) is 58.3. The van der Waals surface area contributed by atoms with Gasteiger partial charge in [-0.3, -0.25) is 33.8 Å². The van der Waals surface area contributed by atoms with Crippen molar-refractivity contribution >= 4 is 52.2 Å². The van der Waals surface area contributed by atoms with E-state index in [2.05, 4.69) is 52.3 Å². The van der Waals surface area contributed by atoms with E-state index in [4.69, 9.17) is 19.4 Å². The average molecular weight is 1140 g/mol. The fourth-order valence-corrected chi connectivity index (χ4v) is 13.5. The minimum Gasteiger partial charge on any atom is -0.378 e. The number of carbonyl (C=O) groups excluding carboxylic acids is 6. The first-order valence-electron chi connectivity index (χ1n) is 29.9. The number of rotatable bonds is 19. The minimum absolute atomic E-state index is 0.00320. The molecule has 448 valence electrons.